The first-order valence-corrected chi connectivity index (χ1v) is 5.60. The van der Waals surface area contributed by atoms with E-state index < -0.39 is 4.92 Å². The maximum absolute atomic E-state index is 10.8. The van der Waals surface area contributed by atoms with E-state index in [9.17, 15) is 10.1 Å². The molecule has 0 radical (unpaired) electrons. The zero-order valence-electron chi connectivity index (χ0n) is 9.77. The fourth-order valence-electron chi connectivity index (χ4n) is 1.89. The van der Waals surface area contributed by atoms with Gasteiger partial charge in [-0.05, 0) is 6.07 Å². The number of nitro benzene ring substituents is 1. The predicted molar refractivity (Wildman–Crippen MR) is 66.5 cm³/mol. The molecule has 0 bridgehead atoms. The highest BCUT2D eigenvalue weighted by Gasteiger charge is 2.20. The molecule has 0 amide bonds. The van der Waals surface area contributed by atoms with E-state index in [0.717, 1.165) is 11.3 Å². The summed E-state index contributed by atoms with van der Waals surface area (Å²) < 4.78 is 1.91. The summed E-state index contributed by atoms with van der Waals surface area (Å²) in [7, 11) is 1.88. The van der Waals surface area contributed by atoms with Crippen molar-refractivity contribution < 1.29 is 4.92 Å². The average molecular weight is 254 g/mol. The summed E-state index contributed by atoms with van der Waals surface area (Å²) in [5.74, 6) is 1.10. The van der Waals surface area contributed by atoms with Crippen molar-refractivity contribution in [3.8, 4) is 0 Å². The molecular formula is C11H12ClN3O2. The lowest BCUT2D eigenvalue weighted by atomic mass is 10.2. The summed E-state index contributed by atoms with van der Waals surface area (Å²) >= 11 is 6.01. The molecule has 1 aromatic carbocycles. The van der Waals surface area contributed by atoms with Crippen molar-refractivity contribution in [1.29, 1.82) is 0 Å². The Hall–Kier alpha value is -1.62. The van der Waals surface area contributed by atoms with Crippen molar-refractivity contribution in [2.24, 2.45) is 7.05 Å². The third kappa shape index (κ3) is 1.76. The number of hydrogen-bond acceptors (Lipinski definition) is 3. The third-order valence-corrected chi connectivity index (χ3v) is 3.09. The highest BCUT2D eigenvalue weighted by molar-refractivity contribution is 6.37. The Morgan fingerprint density at radius 3 is 2.65 bits per heavy atom. The van der Waals surface area contributed by atoms with Gasteiger partial charge in [0, 0.05) is 19.0 Å². The van der Waals surface area contributed by atoms with E-state index in [-0.39, 0.29) is 16.6 Å². The summed E-state index contributed by atoms with van der Waals surface area (Å²) in [6.07, 6.45) is 0. The van der Waals surface area contributed by atoms with E-state index in [0.29, 0.717) is 5.52 Å². The minimum Gasteiger partial charge on any atom is -0.331 e. The molecule has 6 heteroatoms. The van der Waals surface area contributed by atoms with Gasteiger partial charge >= 0.3 is 0 Å². The standard InChI is InChI=1S/C11H12ClN3O2/c1-6(2)11-13-10-8(14(11)3)5-4-7(9(10)12)15(16)17/h4-6H,1-3H3. The molecule has 0 atom stereocenters. The molecule has 0 saturated heterocycles. The monoisotopic (exact) mass is 253 g/mol. The lowest BCUT2D eigenvalue weighted by Crippen LogP contribution is -1.99. The Morgan fingerprint density at radius 2 is 2.12 bits per heavy atom. The van der Waals surface area contributed by atoms with Crippen LogP contribution in [-0.2, 0) is 7.05 Å². The Balaban J connectivity index is 2.79. The van der Waals surface area contributed by atoms with E-state index in [2.05, 4.69) is 4.98 Å². The molecule has 17 heavy (non-hydrogen) atoms. The molecular weight excluding hydrogens is 242 g/mol. The van der Waals surface area contributed by atoms with E-state index >= 15 is 0 Å². The summed E-state index contributed by atoms with van der Waals surface area (Å²) in [6.45, 7) is 4.03. The molecule has 0 saturated carbocycles. The predicted octanol–water partition coefficient (Wildman–Crippen LogP) is 3.26. The third-order valence-electron chi connectivity index (χ3n) is 2.72. The van der Waals surface area contributed by atoms with Gasteiger partial charge < -0.3 is 4.57 Å². The second kappa shape index (κ2) is 4.00. The summed E-state index contributed by atoms with van der Waals surface area (Å²) in [5.41, 5.74) is 1.20. The summed E-state index contributed by atoms with van der Waals surface area (Å²) in [6, 6.07) is 3.09. The van der Waals surface area contributed by atoms with Crippen molar-refractivity contribution in [2.45, 2.75) is 19.8 Å². The largest absolute Gasteiger partial charge is 0.331 e. The molecule has 0 aliphatic heterocycles. The van der Waals surface area contributed by atoms with Crippen molar-refractivity contribution in [1.82, 2.24) is 9.55 Å². The van der Waals surface area contributed by atoms with Crippen LogP contribution in [0.1, 0.15) is 25.6 Å². The Bertz CT molecular complexity index is 604. The molecule has 1 aromatic heterocycles. The maximum atomic E-state index is 10.8. The molecule has 2 aromatic rings. The Kier molecular flexibility index (Phi) is 2.79. The van der Waals surface area contributed by atoms with E-state index in [4.69, 9.17) is 11.6 Å². The number of nitrogens with zero attached hydrogens (tertiary/aromatic N) is 3. The number of hydrogen-bond donors (Lipinski definition) is 0. The summed E-state index contributed by atoms with van der Waals surface area (Å²) in [4.78, 5) is 14.7. The van der Waals surface area contributed by atoms with E-state index in [1.54, 1.807) is 6.07 Å². The number of aryl methyl sites for hydroxylation is 1. The summed E-state index contributed by atoms with van der Waals surface area (Å²) in [5, 5.41) is 10.9. The average Bonchev–Trinajstić information content (AvgIpc) is 2.57. The van der Waals surface area contributed by atoms with Gasteiger partial charge in [-0.25, -0.2) is 4.98 Å². The molecule has 0 N–H and O–H groups in total. The van der Waals surface area contributed by atoms with Gasteiger partial charge in [0.15, 0.2) is 0 Å². The van der Waals surface area contributed by atoms with Gasteiger partial charge in [0.2, 0.25) is 0 Å². The highest BCUT2D eigenvalue weighted by atomic mass is 35.5. The lowest BCUT2D eigenvalue weighted by Gasteiger charge is -2.04. The van der Waals surface area contributed by atoms with Gasteiger partial charge in [-0.1, -0.05) is 25.4 Å². The van der Waals surface area contributed by atoms with Crippen molar-refractivity contribution >= 4 is 28.3 Å². The fourth-order valence-corrected chi connectivity index (χ4v) is 2.16. The first kappa shape index (κ1) is 11.9. The van der Waals surface area contributed by atoms with Crippen molar-refractivity contribution in [3.05, 3.63) is 33.1 Å². The van der Waals surface area contributed by atoms with Gasteiger partial charge in [-0.3, -0.25) is 10.1 Å². The second-order valence-corrected chi connectivity index (χ2v) is 4.59. The minimum absolute atomic E-state index is 0.104. The zero-order valence-corrected chi connectivity index (χ0v) is 10.5. The molecule has 0 unspecified atom stereocenters. The van der Waals surface area contributed by atoms with Crippen LogP contribution in [0.5, 0.6) is 0 Å². The van der Waals surface area contributed by atoms with Crippen LogP contribution in [0.15, 0.2) is 12.1 Å². The normalized spacial score (nSPS) is 11.4. The number of halogens is 1. The SMILES string of the molecule is CC(C)c1nc2c(Cl)c([N+](=O)[O-])ccc2n1C. The first-order valence-electron chi connectivity index (χ1n) is 5.22. The molecule has 2 rings (SSSR count). The van der Waals surface area contributed by atoms with Gasteiger partial charge in [0.1, 0.15) is 16.4 Å². The van der Waals surface area contributed by atoms with Gasteiger partial charge in [0.05, 0.1) is 10.4 Å². The molecule has 5 nitrogen and oxygen atoms in total. The number of aromatic nitrogens is 2. The van der Waals surface area contributed by atoms with Crippen LogP contribution >= 0.6 is 11.6 Å². The minimum atomic E-state index is -0.495. The van der Waals surface area contributed by atoms with E-state index in [1.807, 2.05) is 25.5 Å². The fraction of sp³-hybridized carbons (Fsp3) is 0.364. The number of fused-ring (bicyclic) bond motifs is 1. The van der Waals surface area contributed by atoms with Crippen LogP contribution in [-0.4, -0.2) is 14.5 Å². The second-order valence-electron chi connectivity index (χ2n) is 4.21. The quantitative estimate of drug-likeness (QED) is 0.610. The smallest absolute Gasteiger partial charge is 0.290 e. The molecule has 0 aliphatic carbocycles. The van der Waals surface area contributed by atoms with Crippen molar-refractivity contribution in [2.75, 3.05) is 0 Å². The van der Waals surface area contributed by atoms with Crippen molar-refractivity contribution in [3.63, 3.8) is 0 Å². The van der Waals surface area contributed by atoms with Crippen LogP contribution in [0.2, 0.25) is 5.02 Å². The number of rotatable bonds is 2. The number of nitro groups is 1. The Morgan fingerprint density at radius 1 is 1.47 bits per heavy atom. The lowest BCUT2D eigenvalue weighted by molar-refractivity contribution is -0.384. The molecule has 1 heterocycles. The van der Waals surface area contributed by atoms with Gasteiger partial charge in [0.25, 0.3) is 5.69 Å². The van der Waals surface area contributed by atoms with Crippen LogP contribution in [0, 0.1) is 10.1 Å². The zero-order chi connectivity index (χ0) is 12.7. The Labute approximate surface area is 103 Å². The topological polar surface area (TPSA) is 61.0 Å². The van der Waals surface area contributed by atoms with Crippen LogP contribution in [0.25, 0.3) is 11.0 Å². The molecule has 90 valence electrons. The molecule has 0 fully saturated rings. The number of benzene rings is 1. The van der Waals surface area contributed by atoms with E-state index in [1.165, 1.54) is 6.07 Å². The van der Waals surface area contributed by atoms with Gasteiger partial charge in [-0.2, -0.15) is 0 Å². The number of imidazole rings is 1. The van der Waals surface area contributed by atoms with Gasteiger partial charge in [-0.15, -0.1) is 0 Å². The first-order chi connectivity index (χ1) is 7.93. The molecule has 0 spiro atoms. The maximum Gasteiger partial charge on any atom is 0.290 e. The van der Waals surface area contributed by atoms with Crippen LogP contribution < -0.4 is 0 Å². The molecule has 0 aliphatic rings. The highest BCUT2D eigenvalue weighted by Crippen LogP contribution is 2.33. The van der Waals surface area contributed by atoms with Crippen LogP contribution in [0.4, 0.5) is 5.69 Å². The van der Waals surface area contributed by atoms with Crippen LogP contribution in [0.3, 0.4) is 0 Å².